The lowest BCUT2D eigenvalue weighted by Crippen LogP contribution is -2.53. The van der Waals surface area contributed by atoms with Gasteiger partial charge in [-0.3, -0.25) is 19.8 Å². The zero-order chi connectivity index (χ0) is 18.8. The van der Waals surface area contributed by atoms with Crippen molar-refractivity contribution in [3.05, 3.63) is 41.2 Å². The molecule has 0 atom stereocenters. The predicted molar refractivity (Wildman–Crippen MR) is 107 cm³/mol. The summed E-state index contributed by atoms with van der Waals surface area (Å²) in [5.74, 6) is -0.816. The number of hydrogen-bond donors (Lipinski definition) is 1. The normalized spacial score (nSPS) is 20.6. The first-order chi connectivity index (χ1) is 12.4. The van der Waals surface area contributed by atoms with Gasteiger partial charge >= 0.3 is 0 Å². The summed E-state index contributed by atoms with van der Waals surface area (Å²) >= 11 is 5.09. The number of aromatic nitrogens is 1. The molecular formula is C20H25N3O2S. The van der Waals surface area contributed by atoms with Gasteiger partial charge in [-0.25, -0.2) is 0 Å². The van der Waals surface area contributed by atoms with Crippen LogP contribution in [-0.2, 0) is 9.59 Å². The Bertz CT molecular complexity index is 800. The van der Waals surface area contributed by atoms with Crippen molar-refractivity contribution in [3.8, 4) is 0 Å². The summed E-state index contributed by atoms with van der Waals surface area (Å²) in [4.78, 5) is 26.4. The molecule has 26 heavy (non-hydrogen) atoms. The monoisotopic (exact) mass is 371 g/mol. The third-order valence-electron chi connectivity index (χ3n) is 5.26. The molecule has 2 amide bonds. The van der Waals surface area contributed by atoms with Gasteiger partial charge in [0.05, 0.1) is 0 Å². The highest BCUT2D eigenvalue weighted by atomic mass is 32.1. The molecule has 1 saturated heterocycles. The lowest BCUT2D eigenvalue weighted by molar-refractivity contribution is -0.128. The molecule has 0 bridgehead atoms. The van der Waals surface area contributed by atoms with Crippen LogP contribution in [0.25, 0.3) is 6.08 Å². The molecule has 2 fully saturated rings. The lowest BCUT2D eigenvalue weighted by Gasteiger charge is -2.28. The van der Waals surface area contributed by atoms with Gasteiger partial charge < -0.3 is 4.57 Å². The van der Waals surface area contributed by atoms with Crippen LogP contribution >= 0.6 is 12.2 Å². The summed E-state index contributed by atoms with van der Waals surface area (Å²) in [5.41, 5.74) is 3.30. The topological polar surface area (TPSA) is 54.3 Å². The van der Waals surface area contributed by atoms with Gasteiger partial charge in [0.25, 0.3) is 11.8 Å². The molecule has 2 heterocycles. The average Bonchev–Trinajstić information content (AvgIpc) is 2.89. The number of nitrogens with one attached hydrogen (secondary N) is 1. The van der Waals surface area contributed by atoms with E-state index in [1.165, 1.54) is 42.7 Å². The Morgan fingerprint density at radius 1 is 1.27 bits per heavy atom. The lowest BCUT2D eigenvalue weighted by atomic mass is 9.95. The van der Waals surface area contributed by atoms with E-state index in [0.29, 0.717) is 6.04 Å². The summed E-state index contributed by atoms with van der Waals surface area (Å²) < 4.78 is 2.36. The van der Waals surface area contributed by atoms with Crippen molar-refractivity contribution in [3.63, 3.8) is 0 Å². The maximum atomic E-state index is 12.7. The summed E-state index contributed by atoms with van der Waals surface area (Å²) in [6.07, 6.45) is 9.48. The van der Waals surface area contributed by atoms with Crippen LogP contribution in [-0.4, -0.2) is 32.9 Å². The van der Waals surface area contributed by atoms with Crippen molar-refractivity contribution in [2.75, 3.05) is 6.54 Å². The Kier molecular flexibility index (Phi) is 5.41. The highest BCUT2D eigenvalue weighted by Gasteiger charge is 2.33. The zero-order valence-corrected chi connectivity index (χ0v) is 16.2. The quantitative estimate of drug-likeness (QED) is 0.382. The fraction of sp³-hybridized carbons (Fsp3) is 0.450. The Morgan fingerprint density at radius 2 is 1.96 bits per heavy atom. The highest BCUT2D eigenvalue weighted by molar-refractivity contribution is 7.80. The van der Waals surface area contributed by atoms with Crippen molar-refractivity contribution in [2.45, 2.75) is 52.0 Å². The van der Waals surface area contributed by atoms with Gasteiger partial charge in [0.2, 0.25) is 0 Å². The molecule has 0 aromatic carbocycles. The average molecular weight is 372 g/mol. The number of carbonyl (C=O) groups is 2. The van der Waals surface area contributed by atoms with Crippen molar-refractivity contribution in [1.82, 2.24) is 14.8 Å². The van der Waals surface area contributed by atoms with E-state index in [0.717, 1.165) is 11.3 Å². The molecule has 1 aromatic rings. The number of nitrogens with zero attached hydrogens (tertiary/aromatic N) is 2. The van der Waals surface area contributed by atoms with Crippen molar-refractivity contribution in [1.29, 1.82) is 0 Å². The smallest absolute Gasteiger partial charge is 0.265 e. The highest BCUT2D eigenvalue weighted by Crippen LogP contribution is 2.33. The first-order valence-corrected chi connectivity index (χ1v) is 9.53. The molecule has 1 N–H and O–H groups in total. The summed E-state index contributed by atoms with van der Waals surface area (Å²) in [7, 11) is 0. The standard InChI is InChI=1S/C20H25N3O2S/c1-4-10-22-19(25)17(18(24)21-20(22)26)12-15-11-13(2)23(14(15)3)16-8-6-5-7-9-16/h4,11-12,16H,1,5-10H2,2-3H3,(H,21,24,26)/b17-12+. The van der Waals surface area contributed by atoms with E-state index < -0.39 is 5.91 Å². The second-order valence-electron chi connectivity index (χ2n) is 7.01. The van der Waals surface area contributed by atoms with Crippen LogP contribution in [0, 0.1) is 13.8 Å². The van der Waals surface area contributed by atoms with Gasteiger partial charge in [-0.05, 0) is 56.6 Å². The van der Waals surface area contributed by atoms with E-state index in [-0.39, 0.29) is 23.1 Å². The summed E-state index contributed by atoms with van der Waals surface area (Å²) in [6.45, 7) is 8.07. The molecule has 138 valence electrons. The number of rotatable bonds is 4. The molecule has 0 unspecified atom stereocenters. The predicted octanol–water partition coefficient (Wildman–Crippen LogP) is 3.42. The van der Waals surface area contributed by atoms with Gasteiger partial charge in [-0.2, -0.15) is 0 Å². The minimum Gasteiger partial charge on any atom is -0.346 e. The minimum atomic E-state index is -0.442. The van der Waals surface area contributed by atoms with Gasteiger partial charge in [0, 0.05) is 24.0 Å². The molecule has 5 nitrogen and oxygen atoms in total. The van der Waals surface area contributed by atoms with Crippen molar-refractivity contribution in [2.24, 2.45) is 0 Å². The van der Waals surface area contributed by atoms with Gasteiger partial charge in [-0.1, -0.05) is 25.3 Å². The van der Waals surface area contributed by atoms with Crippen molar-refractivity contribution >= 4 is 35.2 Å². The SMILES string of the molecule is C=CCN1C(=O)/C(=C/c2cc(C)n(C3CCCCC3)c2C)C(=O)NC1=S. The van der Waals surface area contributed by atoms with Gasteiger partial charge in [-0.15, -0.1) is 6.58 Å². The third-order valence-corrected chi connectivity index (χ3v) is 5.58. The van der Waals surface area contributed by atoms with Gasteiger partial charge in [0.1, 0.15) is 5.57 Å². The number of hydrogen-bond acceptors (Lipinski definition) is 3. The van der Waals surface area contributed by atoms with Crippen molar-refractivity contribution < 1.29 is 9.59 Å². The Hall–Kier alpha value is -2.21. The fourth-order valence-corrected chi connectivity index (χ4v) is 4.24. The van der Waals surface area contributed by atoms with E-state index in [2.05, 4.69) is 36.4 Å². The van der Waals surface area contributed by atoms with Crippen LogP contribution in [0.2, 0.25) is 0 Å². The van der Waals surface area contributed by atoms with E-state index >= 15 is 0 Å². The van der Waals surface area contributed by atoms with Crippen LogP contribution in [0.3, 0.4) is 0 Å². The van der Waals surface area contributed by atoms with Gasteiger partial charge in [0.15, 0.2) is 5.11 Å². The maximum Gasteiger partial charge on any atom is 0.265 e. The summed E-state index contributed by atoms with van der Waals surface area (Å²) in [5, 5.41) is 2.72. The Morgan fingerprint density at radius 3 is 2.62 bits per heavy atom. The molecule has 1 aliphatic carbocycles. The summed E-state index contributed by atoms with van der Waals surface area (Å²) in [6, 6.07) is 2.57. The first kappa shape index (κ1) is 18.6. The fourth-order valence-electron chi connectivity index (χ4n) is 3.99. The van der Waals surface area contributed by atoms with Crippen LogP contribution in [0.1, 0.15) is 55.1 Å². The van der Waals surface area contributed by atoms with E-state index in [1.807, 2.05) is 0 Å². The molecular weight excluding hydrogens is 346 g/mol. The second-order valence-corrected chi connectivity index (χ2v) is 7.40. The Labute approximate surface area is 159 Å². The van der Waals surface area contributed by atoms with E-state index in [1.54, 1.807) is 12.2 Å². The number of amides is 2. The molecule has 6 heteroatoms. The maximum absolute atomic E-state index is 12.7. The molecule has 2 aliphatic rings. The van der Waals surface area contributed by atoms with E-state index in [4.69, 9.17) is 12.2 Å². The van der Waals surface area contributed by atoms with Crippen LogP contribution in [0.15, 0.2) is 24.3 Å². The Balaban J connectivity index is 1.96. The molecule has 0 spiro atoms. The number of thiocarbonyl (C=S) groups is 1. The van der Waals surface area contributed by atoms with Crippen LogP contribution in [0.4, 0.5) is 0 Å². The second kappa shape index (κ2) is 7.58. The van der Waals surface area contributed by atoms with Crippen LogP contribution in [0.5, 0.6) is 0 Å². The largest absolute Gasteiger partial charge is 0.346 e. The first-order valence-electron chi connectivity index (χ1n) is 9.12. The molecule has 0 radical (unpaired) electrons. The zero-order valence-electron chi connectivity index (χ0n) is 15.4. The molecule has 1 saturated carbocycles. The number of carbonyl (C=O) groups excluding carboxylic acids is 2. The minimum absolute atomic E-state index is 0.115. The van der Waals surface area contributed by atoms with E-state index in [9.17, 15) is 9.59 Å². The molecule has 1 aliphatic heterocycles. The van der Waals surface area contributed by atoms with Crippen LogP contribution < -0.4 is 5.32 Å². The number of aryl methyl sites for hydroxylation is 1. The molecule has 1 aromatic heterocycles. The third kappa shape index (κ3) is 3.38. The molecule has 3 rings (SSSR count).